The lowest BCUT2D eigenvalue weighted by atomic mass is 10.2. The second-order valence-corrected chi connectivity index (χ2v) is 5.70. The van der Waals surface area contributed by atoms with Crippen molar-refractivity contribution >= 4 is 35.3 Å². The Morgan fingerprint density at radius 2 is 1.87 bits per heavy atom. The van der Waals surface area contributed by atoms with E-state index in [1.807, 2.05) is 12.1 Å². The fraction of sp³-hybridized carbons (Fsp3) is 0.125. The van der Waals surface area contributed by atoms with Crippen molar-refractivity contribution in [1.82, 2.24) is 0 Å². The van der Waals surface area contributed by atoms with Crippen molar-refractivity contribution in [1.29, 1.82) is 0 Å². The van der Waals surface area contributed by atoms with Gasteiger partial charge in [0.15, 0.2) is 0 Å². The summed E-state index contributed by atoms with van der Waals surface area (Å²) in [6.45, 7) is 0. The molecular formula is C16H14N2O4S. The standard InChI is InChI=1S/C16H14N2O4S/c1-21-12-7-8-14-13(9-12)17-16(20)18(23-14)11-5-3-10(4-6-11)15(19)22-2/h3-9H,1-2H3,(H,17,20). The molecule has 3 rings (SSSR count). The first-order valence-corrected chi connectivity index (χ1v) is 7.55. The number of benzene rings is 2. The van der Waals surface area contributed by atoms with Crippen LogP contribution in [0.5, 0.6) is 5.75 Å². The molecule has 0 radical (unpaired) electrons. The Balaban J connectivity index is 1.86. The van der Waals surface area contributed by atoms with Crippen molar-refractivity contribution in [2.45, 2.75) is 4.90 Å². The van der Waals surface area contributed by atoms with E-state index in [-0.39, 0.29) is 6.03 Å². The molecule has 6 nitrogen and oxygen atoms in total. The third-order valence-corrected chi connectivity index (χ3v) is 4.44. The summed E-state index contributed by atoms with van der Waals surface area (Å²) >= 11 is 1.31. The van der Waals surface area contributed by atoms with Gasteiger partial charge in [-0.1, -0.05) is 0 Å². The van der Waals surface area contributed by atoms with Gasteiger partial charge in [-0.15, -0.1) is 0 Å². The molecule has 0 atom stereocenters. The third-order valence-electron chi connectivity index (χ3n) is 3.33. The summed E-state index contributed by atoms with van der Waals surface area (Å²) in [7, 11) is 2.91. The van der Waals surface area contributed by atoms with Gasteiger partial charge in [-0.05, 0) is 48.3 Å². The van der Waals surface area contributed by atoms with Gasteiger partial charge in [-0.3, -0.25) is 0 Å². The maximum Gasteiger partial charge on any atom is 0.337 e. The Kier molecular flexibility index (Phi) is 4.12. The second kappa shape index (κ2) is 6.21. The highest BCUT2D eigenvalue weighted by molar-refractivity contribution is 8.01. The Hall–Kier alpha value is -2.67. The first-order valence-electron chi connectivity index (χ1n) is 6.78. The number of nitrogens with zero attached hydrogens (tertiary/aromatic N) is 1. The van der Waals surface area contributed by atoms with Gasteiger partial charge in [-0.2, -0.15) is 0 Å². The molecule has 0 saturated carbocycles. The summed E-state index contributed by atoms with van der Waals surface area (Å²) in [5.41, 5.74) is 1.81. The number of hydrogen-bond donors (Lipinski definition) is 1. The highest BCUT2D eigenvalue weighted by Gasteiger charge is 2.25. The zero-order valence-electron chi connectivity index (χ0n) is 12.5. The van der Waals surface area contributed by atoms with Crippen LogP contribution in [0.25, 0.3) is 0 Å². The van der Waals surface area contributed by atoms with Crippen LogP contribution < -0.4 is 14.4 Å². The minimum Gasteiger partial charge on any atom is -0.497 e. The number of fused-ring (bicyclic) bond motifs is 1. The van der Waals surface area contributed by atoms with E-state index >= 15 is 0 Å². The Morgan fingerprint density at radius 1 is 1.13 bits per heavy atom. The van der Waals surface area contributed by atoms with E-state index in [2.05, 4.69) is 10.1 Å². The van der Waals surface area contributed by atoms with Crippen LogP contribution in [-0.2, 0) is 4.74 Å². The first-order chi connectivity index (χ1) is 11.1. The summed E-state index contributed by atoms with van der Waals surface area (Å²) in [4.78, 5) is 24.7. The molecule has 0 aromatic heterocycles. The van der Waals surface area contributed by atoms with Gasteiger partial charge in [0.25, 0.3) is 0 Å². The van der Waals surface area contributed by atoms with Crippen LogP contribution in [0.1, 0.15) is 10.4 Å². The third kappa shape index (κ3) is 2.95. The number of anilines is 2. The van der Waals surface area contributed by atoms with Gasteiger partial charge in [0.2, 0.25) is 0 Å². The molecule has 23 heavy (non-hydrogen) atoms. The van der Waals surface area contributed by atoms with Crippen LogP contribution in [0.3, 0.4) is 0 Å². The number of carbonyl (C=O) groups is 2. The number of amides is 2. The number of esters is 1. The van der Waals surface area contributed by atoms with Crippen LogP contribution in [-0.4, -0.2) is 26.2 Å². The van der Waals surface area contributed by atoms with E-state index in [1.54, 1.807) is 37.4 Å². The average molecular weight is 330 g/mol. The predicted octanol–water partition coefficient (Wildman–Crippen LogP) is 3.54. The fourth-order valence-electron chi connectivity index (χ4n) is 2.14. The number of rotatable bonds is 3. The molecule has 0 unspecified atom stereocenters. The average Bonchev–Trinajstić information content (AvgIpc) is 2.60. The summed E-state index contributed by atoms with van der Waals surface area (Å²) in [6.07, 6.45) is 0. The number of methoxy groups -OCH3 is 2. The lowest BCUT2D eigenvalue weighted by Gasteiger charge is -2.28. The Labute approximate surface area is 137 Å². The van der Waals surface area contributed by atoms with Gasteiger partial charge in [0.05, 0.1) is 36.1 Å². The zero-order chi connectivity index (χ0) is 16.4. The molecule has 2 aromatic rings. The number of urea groups is 1. The largest absolute Gasteiger partial charge is 0.497 e. The molecule has 0 saturated heterocycles. The van der Waals surface area contributed by atoms with Crippen LogP contribution >= 0.6 is 11.9 Å². The lowest BCUT2D eigenvalue weighted by Crippen LogP contribution is -2.32. The zero-order valence-corrected chi connectivity index (χ0v) is 13.3. The SMILES string of the molecule is COC(=O)c1ccc(N2Sc3ccc(OC)cc3NC2=O)cc1. The van der Waals surface area contributed by atoms with Gasteiger partial charge >= 0.3 is 12.0 Å². The van der Waals surface area contributed by atoms with E-state index in [0.717, 1.165) is 4.90 Å². The Bertz CT molecular complexity index is 761. The highest BCUT2D eigenvalue weighted by Crippen LogP contribution is 2.39. The van der Waals surface area contributed by atoms with Gasteiger partial charge < -0.3 is 14.8 Å². The van der Waals surface area contributed by atoms with Crippen molar-refractivity contribution < 1.29 is 19.1 Å². The van der Waals surface area contributed by atoms with Gasteiger partial charge in [-0.25, -0.2) is 13.9 Å². The molecule has 1 heterocycles. The summed E-state index contributed by atoms with van der Waals surface area (Å²) in [6, 6.07) is 11.9. The summed E-state index contributed by atoms with van der Waals surface area (Å²) in [5.74, 6) is 0.269. The molecule has 0 spiro atoms. The molecule has 2 aromatic carbocycles. The van der Waals surface area contributed by atoms with Gasteiger partial charge in [0, 0.05) is 6.07 Å². The van der Waals surface area contributed by atoms with Crippen molar-refractivity contribution in [2.75, 3.05) is 23.8 Å². The van der Waals surface area contributed by atoms with E-state index in [4.69, 9.17) is 4.74 Å². The van der Waals surface area contributed by atoms with Crippen molar-refractivity contribution in [3.05, 3.63) is 48.0 Å². The molecule has 1 aliphatic rings. The summed E-state index contributed by atoms with van der Waals surface area (Å²) in [5, 5.41) is 2.83. The van der Waals surface area contributed by atoms with Crippen LogP contribution in [0, 0.1) is 0 Å². The van der Waals surface area contributed by atoms with Crippen LogP contribution in [0.2, 0.25) is 0 Å². The summed E-state index contributed by atoms with van der Waals surface area (Å²) < 4.78 is 11.3. The maximum absolute atomic E-state index is 12.3. The molecule has 1 aliphatic heterocycles. The van der Waals surface area contributed by atoms with Crippen LogP contribution in [0.4, 0.5) is 16.2 Å². The lowest BCUT2D eigenvalue weighted by molar-refractivity contribution is 0.0601. The molecule has 7 heteroatoms. The minimum atomic E-state index is -0.412. The Morgan fingerprint density at radius 3 is 2.52 bits per heavy atom. The normalized spacial score (nSPS) is 13.1. The topological polar surface area (TPSA) is 67.9 Å². The predicted molar refractivity (Wildman–Crippen MR) is 88.1 cm³/mol. The molecule has 2 amide bonds. The molecule has 0 fully saturated rings. The fourth-order valence-corrected chi connectivity index (χ4v) is 3.03. The minimum absolute atomic E-state index is 0.262. The number of nitrogens with one attached hydrogen (secondary N) is 1. The van der Waals surface area contributed by atoms with Crippen molar-refractivity contribution in [2.24, 2.45) is 0 Å². The van der Waals surface area contributed by atoms with E-state index in [0.29, 0.717) is 22.7 Å². The van der Waals surface area contributed by atoms with Gasteiger partial charge in [0.1, 0.15) is 5.75 Å². The maximum atomic E-state index is 12.3. The molecule has 118 valence electrons. The molecular weight excluding hydrogens is 316 g/mol. The molecule has 0 bridgehead atoms. The van der Waals surface area contributed by atoms with E-state index in [1.165, 1.54) is 23.4 Å². The quantitative estimate of drug-likeness (QED) is 0.689. The monoisotopic (exact) mass is 330 g/mol. The number of carbonyl (C=O) groups excluding carboxylic acids is 2. The van der Waals surface area contributed by atoms with E-state index in [9.17, 15) is 9.59 Å². The molecule has 0 aliphatic carbocycles. The smallest absolute Gasteiger partial charge is 0.337 e. The van der Waals surface area contributed by atoms with Crippen LogP contribution in [0.15, 0.2) is 47.4 Å². The second-order valence-electron chi connectivity index (χ2n) is 4.72. The first kappa shape index (κ1) is 15.2. The van der Waals surface area contributed by atoms with Crippen molar-refractivity contribution in [3.63, 3.8) is 0 Å². The van der Waals surface area contributed by atoms with Crippen molar-refractivity contribution in [3.8, 4) is 5.75 Å². The van der Waals surface area contributed by atoms with E-state index < -0.39 is 5.97 Å². The number of hydrogen-bond acceptors (Lipinski definition) is 5. The number of ether oxygens (including phenoxy) is 2. The molecule has 1 N–H and O–H groups in total. The highest BCUT2D eigenvalue weighted by atomic mass is 32.2.